The van der Waals surface area contributed by atoms with Gasteiger partial charge < -0.3 is 4.74 Å². The van der Waals surface area contributed by atoms with Gasteiger partial charge in [0.1, 0.15) is 5.75 Å². The third-order valence-electron chi connectivity index (χ3n) is 6.24. The SMILES string of the molecule is CCCCCCN1C(=O)C[C@]2(c3cccc(OC)c3)CCCC[C@H]2C1=O. The highest BCUT2D eigenvalue weighted by Gasteiger charge is 2.53. The molecule has 1 saturated heterocycles. The van der Waals surface area contributed by atoms with Crippen molar-refractivity contribution in [1.29, 1.82) is 0 Å². The van der Waals surface area contributed by atoms with Gasteiger partial charge in [-0.3, -0.25) is 14.5 Å². The molecule has 0 N–H and O–H groups in total. The van der Waals surface area contributed by atoms with E-state index >= 15 is 0 Å². The minimum atomic E-state index is -0.346. The first-order valence-corrected chi connectivity index (χ1v) is 10.1. The Kier molecular flexibility index (Phi) is 6.00. The number of fused-ring (bicyclic) bond motifs is 1. The molecule has 4 nitrogen and oxygen atoms in total. The van der Waals surface area contributed by atoms with Crippen molar-refractivity contribution in [3.63, 3.8) is 0 Å². The van der Waals surface area contributed by atoms with Gasteiger partial charge in [0.25, 0.3) is 0 Å². The number of carbonyl (C=O) groups excluding carboxylic acids is 2. The molecular formula is C22H31NO3. The average molecular weight is 357 g/mol. The van der Waals surface area contributed by atoms with E-state index in [-0.39, 0.29) is 23.1 Å². The Morgan fingerprint density at radius 2 is 2.04 bits per heavy atom. The Morgan fingerprint density at radius 1 is 1.19 bits per heavy atom. The van der Waals surface area contributed by atoms with Crippen LogP contribution >= 0.6 is 0 Å². The smallest absolute Gasteiger partial charge is 0.233 e. The fourth-order valence-corrected chi connectivity index (χ4v) is 4.80. The molecule has 2 fully saturated rings. The lowest BCUT2D eigenvalue weighted by atomic mass is 9.58. The molecule has 1 aromatic carbocycles. The second-order valence-electron chi connectivity index (χ2n) is 7.81. The van der Waals surface area contributed by atoms with Gasteiger partial charge in [0.15, 0.2) is 0 Å². The van der Waals surface area contributed by atoms with Crippen LogP contribution in [0.5, 0.6) is 5.75 Å². The van der Waals surface area contributed by atoms with E-state index in [1.165, 1.54) is 0 Å². The highest BCUT2D eigenvalue weighted by molar-refractivity contribution is 6.01. The minimum Gasteiger partial charge on any atom is -0.497 e. The molecule has 2 aliphatic rings. The van der Waals surface area contributed by atoms with Crippen LogP contribution in [0.4, 0.5) is 0 Å². The molecule has 142 valence electrons. The summed E-state index contributed by atoms with van der Waals surface area (Å²) >= 11 is 0. The van der Waals surface area contributed by atoms with Gasteiger partial charge in [0.2, 0.25) is 11.8 Å². The Labute approximate surface area is 156 Å². The summed E-state index contributed by atoms with van der Waals surface area (Å²) in [7, 11) is 1.66. The van der Waals surface area contributed by atoms with Gasteiger partial charge in [-0.05, 0) is 37.0 Å². The van der Waals surface area contributed by atoms with Gasteiger partial charge in [0.05, 0.1) is 7.11 Å². The van der Waals surface area contributed by atoms with Crippen LogP contribution in [-0.4, -0.2) is 30.4 Å². The molecule has 1 heterocycles. The quantitative estimate of drug-likeness (QED) is 0.534. The molecule has 1 aromatic rings. The van der Waals surface area contributed by atoms with Gasteiger partial charge in [-0.2, -0.15) is 0 Å². The molecular weight excluding hydrogens is 326 g/mol. The van der Waals surface area contributed by atoms with E-state index < -0.39 is 0 Å². The molecule has 26 heavy (non-hydrogen) atoms. The number of methoxy groups -OCH3 is 1. The number of amides is 2. The summed E-state index contributed by atoms with van der Waals surface area (Å²) in [6, 6.07) is 7.99. The maximum Gasteiger partial charge on any atom is 0.233 e. The van der Waals surface area contributed by atoms with Crippen LogP contribution in [0.1, 0.15) is 70.3 Å². The lowest BCUT2D eigenvalue weighted by molar-refractivity contribution is -0.158. The third kappa shape index (κ3) is 3.51. The van der Waals surface area contributed by atoms with Crippen LogP contribution in [-0.2, 0) is 15.0 Å². The number of piperidine rings is 1. The van der Waals surface area contributed by atoms with Gasteiger partial charge in [-0.1, -0.05) is 51.2 Å². The number of benzene rings is 1. The molecule has 0 radical (unpaired) electrons. The van der Waals surface area contributed by atoms with Crippen molar-refractivity contribution < 1.29 is 14.3 Å². The first-order chi connectivity index (χ1) is 12.6. The number of likely N-dealkylation sites (tertiary alicyclic amines) is 1. The van der Waals surface area contributed by atoms with Crippen molar-refractivity contribution in [3.8, 4) is 5.75 Å². The summed E-state index contributed by atoms with van der Waals surface area (Å²) in [4.78, 5) is 27.7. The minimum absolute atomic E-state index is 0.00692. The summed E-state index contributed by atoms with van der Waals surface area (Å²) in [5, 5.41) is 0. The number of unbranched alkanes of at least 4 members (excludes halogenated alkanes) is 3. The largest absolute Gasteiger partial charge is 0.497 e. The Balaban J connectivity index is 1.86. The van der Waals surface area contributed by atoms with E-state index in [4.69, 9.17) is 4.74 Å². The van der Waals surface area contributed by atoms with Crippen molar-refractivity contribution in [2.75, 3.05) is 13.7 Å². The molecule has 1 saturated carbocycles. The van der Waals surface area contributed by atoms with Crippen molar-refractivity contribution in [2.24, 2.45) is 5.92 Å². The van der Waals surface area contributed by atoms with Crippen LogP contribution < -0.4 is 4.74 Å². The standard InChI is InChI=1S/C22H31NO3/c1-3-4-5-8-14-23-20(24)16-22(13-7-6-12-19(22)21(23)25)17-10-9-11-18(15-17)26-2/h9-11,15,19H,3-8,12-14,16H2,1-2H3/t19-,22-/m0/s1. The van der Waals surface area contributed by atoms with Crippen LogP contribution in [0.15, 0.2) is 24.3 Å². The number of carbonyl (C=O) groups is 2. The monoisotopic (exact) mass is 357 g/mol. The van der Waals surface area contributed by atoms with Crippen molar-refractivity contribution in [3.05, 3.63) is 29.8 Å². The molecule has 0 spiro atoms. The molecule has 4 heteroatoms. The molecule has 1 aliphatic carbocycles. The third-order valence-corrected chi connectivity index (χ3v) is 6.24. The lowest BCUT2D eigenvalue weighted by Gasteiger charge is -2.49. The molecule has 0 bridgehead atoms. The molecule has 2 atom stereocenters. The summed E-state index contributed by atoms with van der Waals surface area (Å²) in [6.07, 6.45) is 8.70. The Bertz CT molecular complexity index is 657. The Morgan fingerprint density at radius 3 is 2.81 bits per heavy atom. The summed E-state index contributed by atoms with van der Waals surface area (Å²) < 4.78 is 5.39. The van der Waals surface area contributed by atoms with E-state index in [0.717, 1.165) is 62.7 Å². The number of rotatable bonds is 7. The highest BCUT2D eigenvalue weighted by Crippen LogP contribution is 2.50. The number of imide groups is 1. The molecule has 0 aromatic heterocycles. The first kappa shape index (κ1) is 18.9. The van der Waals surface area contributed by atoms with Gasteiger partial charge in [-0.25, -0.2) is 0 Å². The van der Waals surface area contributed by atoms with E-state index in [1.54, 1.807) is 12.0 Å². The molecule has 1 aliphatic heterocycles. The predicted molar refractivity (Wildman–Crippen MR) is 102 cm³/mol. The van der Waals surface area contributed by atoms with Gasteiger partial charge in [0, 0.05) is 24.3 Å². The number of nitrogens with zero attached hydrogens (tertiary/aromatic N) is 1. The fourth-order valence-electron chi connectivity index (χ4n) is 4.80. The second-order valence-corrected chi connectivity index (χ2v) is 7.81. The van der Waals surface area contributed by atoms with Crippen molar-refractivity contribution >= 4 is 11.8 Å². The zero-order chi connectivity index (χ0) is 18.6. The fraction of sp³-hybridized carbons (Fsp3) is 0.636. The van der Waals surface area contributed by atoms with E-state index in [9.17, 15) is 9.59 Å². The molecule has 0 unspecified atom stereocenters. The number of ether oxygens (including phenoxy) is 1. The van der Waals surface area contributed by atoms with E-state index in [2.05, 4.69) is 13.0 Å². The highest BCUT2D eigenvalue weighted by atomic mass is 16.5. The predicted octanol–water partition coefficient (Wildman–Crippen LogP) is 4.46. The number of hydrogen-bond acceptors (Lipinski definition) is 3. The van der Waals surface area contributed by atoms with Crippen LogP contribution in [0.3, 0.4) is 0 Å². The van der Waals surface area contributed by atoms with Crippen LogP contribution in [0.2, 0.25) is 0 Å². The molecule has 2 amide bonds. The topological polar surface area (TPSA) is 46.6 Å². The van der Waals surface area contributed by atoms with Crippen LogP contribution in [0.25, 0.3) is 0 Å². The summed E-state index contributed by atoms with van der Waals surface area (Å²) in [5.74, 6) is 0.781. The number of hydrogen-bond donors (Lipinski definition) is 0. The van der Waals surface area contributed by atoms with Crippen molar-refractivity contribution in [1.82, 2.24) is 4.90 Å². The Hall–Kier alpha value is -1.84. The van der Waals surface area contributed by atoms with E-state index in [0.29, 0.717) is 13.0 Å². The average Bonchev–Trinajstić information content (AvgIpc) is 2.67. The van der Waals surface area contributed by atoms with Gasteiger partial charge >= 0.3 is 0 Å². The van der Waals surface area contributed by atoms with E-state index in [1.807, 2.05) is 18.2 Å². The zero-order valence-corrected chi connectivity index (χ0v) is 16.1. The van der Waals surface area contributed by atoms with Crippen molar-refractivity contribution in [2.45, 2.75) is 70.1 Å². The maximum atomic E-state index is 13.2. The lowest BCUT2D eigenvalue weighted by Crippen LogP contribution is -2.57. The van der Waals surface area contributed by atoms with Crippen LogP contribution in [0, 0.1) is 5.92 Å². The summed E-state index contributed by atoms with van der Waals surface area (Å²) in [6.45, 7) is 2.75. The second kappa shape index (κ2) is 8.24. The first-order valence-electron chi connectivity index (χ1n) is 10.1. The zero-order valence-electron chi connectivity index (χ0n) is 16.1. The summed E-state index contributed by atoms with van der Waals surface area (Å²) in [5.41, 5.74) is 0.745. The normalized spacial score (nSPS) is 25.9. The molecule has 3 rings (SSSR count). The maximum absolute atomic E-state index is 13.2. The van der Waals surface area contributed by atoms with Gasteiger partial charge in [-0.15, -0.1) is 0 Å².